The number of aromatic hydroxyl groups is 1. The first-order valence-electron chi connectivity index (χ1n) is 8.83. The van der Waals surface area contributed by atoms with Crippen molar-refractivity contribution in [3.63, 3.8) is 0 Å². The lowest BCUT2D eigenvalue weighted by Gasteiger charge is -2.17. The zero-order chi connectivity index (χ0) is 19.4. The molecule has 1 amide bonds. The van der Waals surface area contributed by atoms with Gasteiger partial charge in [-0.3, -0.25) is 9.36 Å². The van der Waals surface area contributed by atoms with Gasteiger partial charge in [0, 0.05) is 25.8 Å². The van der Waals surface area contributed by atoms with E-state index in [2.05, 4.69) is 4.98 Å². The maximum atomic E-state index is 12.7. The zero-order valence-corrected chi connectivity index (χ0v) is 15.4. The summed E-state index contributed by atoms with van der Waals surface area (Å²) in [5.74, 6) is 0.00361. The number of hydrogen-bond acceptors (Lipinski definition) is 4. The normalized spacial score (nSPS) is 11.0. The number of carbonyl (C=O) groups is 1. The Labute approximate surface area is 156 Å². The molecule has 27 heavy (non-hydrogen) atoms. The number of benzene rings is 2. The van der Waals surface area contributed by atoms with Gasteiger partial charge in [-0.15, -0.1) is 0 Å². The van der Waals surface area contributed by atoms with Gasteiger partial charge < -0.3 is 19.7 Å². The third kappa shape index (κ3) is 4.20. The number of hydrogen-bond donors (Lipinski definition) is 2. The maximum absolute atomic E-state index is 12.7. The molecule has 3 aromatic rings. The highest BCUT2D eigenvalue weighted by molar-refractivity contribution is 5.97. The number of nitrogens with zero attached hydrogens (tertiary/aromatic N) is 2. The molecule has 0 aliphatic rings. The lowest BCUT2D eigenvalue weighted by atomic mass is 10.1. The van der Waals surface area contributed by atoms with Crippen molar-refractivity contribution in [1.29, 1.82) is 0 Å². The van der Waals surface area contributed by atoms with Crippen molar-refractivity contribution < 1.29 is 14.6 Å². The van der Waals surface area contributed by atoms with E-state index in [1.807, 2.05) is 13.0 Å². The Hall–Kier alpha value is -3.06. The zero-order valence-electron chi connectivity index (χ0n) is 15.4. The smallest absolute Gasteiger partial charge is 0.326 e. The standard InChI is InChI=1S/C20H23N3O4/c1-3-27-10-9-23-18-8-7-15(12-17(18)21-20(23)26)19(25)22(2)13-14-5-4-6-16(24)11-14/h4-8,11-12,24H,3,9-10,13H2,1-2H3,(H,21,26). The van der Waals surface area contributed by atoms with Gasteiger partial charge >= 0.3 is 5.69 Å². The van der Waals surface area contributed by atoms with Crippen LogP contribution in [0.4, 0.5) is 0 Å². The van der Waals surface area contributed by atoms with E-state index < -0.39 is 0 Å². The van der Waals surface area contributed by atoms with Crippen LogP contribution in [0.2, 0.25) is 0 Å². The number of carbonyl (C=O) groups excluding carboxylic acids is 1. The number of rotatable bonds is 7. The predicted molar refractivity (Wildman–Crippen MR) is 103 cm³/mol. The fourth-order valence-corrected chi connectivity index (χ4v) is 3.04. The number of phenolic OH excluding ortho intramolecular Hbond substituents is 1. The first-order chi connectivity index (χ1) is 13.0. The van der Waals surface area contributed by atoms with Crippen molar-refractivity contribution in [1.82, 2.24) is 14.5 Å². The van der Waals surface area contributed by atoms with Crippen LogP contribution in [0.3, 0.4) is 0 Å². The summed E-state index contributed by atoms with van der Waals surface area (Å²) in [5.41, 5.74) is 2.47. The van der Waals surface area contributed by atoms with Gasteiger partial charge in [0.05, 0.1) is 24.2 Å². The van der Waals surface area contributed by atoms with E-state index >= 15 is 0 Å². The second kappa shape index (κ2) is 8.09. The van der Waals surface area contributed by atoms with Gasteiger partial charge in [-0.25, -0.2) is 4.79 Å². The van der Waals surface area contributed by atoms with E-state index in [1.165, 1.54) is 0 Å². The van der Waals surface area contributed by atoms with Crippen molar-refractivity contribution in [3.8, 4) is 5.75 Å². The SMILES string of the molecule is CCOCCn1c(=O)[nH]c2cc(C(=O)N(C)Cc3cccc(O)c3)ccc21. The van der Waals surface area contributed by atoms with Gasteiger partial charge in [-0.05, 0) is 42.8 Å². The van der Waals surface area contributed by atoms with Crippen LogP contribution in [-0.4, -0.2) is 45.7 Å². The van der Waals surface area contributed by atoms with Crippen molar-refractivity contribution in [2.45, 2.75) is 20.0 Å². The van der Waals surface area contributed by atoms with E-state index in [4.69, 9.17) is 4.74 Å². The molecule has 1 aromatic heterocycles. The van der Waals surface area contributed by atoms with Crippen molar-refractivity contribution in [3.05, 3.63) is 64.1 Å². The minimum absolute atomic E-state index is 0.164. The molecule has 0 fully saturated rings. The molecule has 142 valence electrons. The molecule has 0 atom stereocenters. The van der Waals surface area contributed by atoms with E-state index in [0.29, 0.717) is 37.4 Å². The van der Waals surface area contributed by atoms with Crippen LogP contribution in [0.15, 0.2) is 47.3 Å². The van der Waals surface area contributed by atoms with Gasteiger partial charge in [0.15, 0.2) is 0 Å². The molecule has 0 radical (unpaired) electrons. The molecule has 1 heterocycles. The molecule has 0 bridgehead atoms. The molecule has 0 aliphatic heterocycles. The Morgan fingerprint density at radius 1 is 1.26 bits per heavy atom. The third-order valence-electron chi connectivity index (χ3n) is 4.36. The van der Waals surface area contributed by atoms with Crippen LogP contribution in [0.25, 0.3) is 11.0 Å². The van der Waals surface area contributed by atoms with Crippen LogP contribution in [-0.2, 0) is 17.8 Å². The summed E-state index contributed by atoms with van der Waals surface area (Å²) >= 11 is 0. The van der Waals surface area contributed by atoms with Crippen LogP contribution in [0.1, 0.15) is 22.8 Å². The molecule has 2 N–H and O–H groups in total. The number of aromatic amines is 1. The first kappa shape index (κ1) is 18.7. The molecule has 7 nitrogen and oxygen atoms in total. The Morgan fingerprint density at radius 3 is 2.81 bits per heavy atom. The van der Waals surface area contributed by atoms with Crippen molar-refractivity contribution >= 4 is 16.9 Å². The molecule has 3 rings (SSSR count). The van der Waals surface area contributed by atoms with Gasteiger partial charge in [-0.2, -0.15) is 0 Å². The topological polar surface area (TPSA) is 87.6 Å². The average molecular weight is 369 g/mol. The maximum Gasteiger partial charge on any atom is 0.326 e. The second-order valence-corrected chi connectivity index (χ2v) is 6.34. The monoisotopic (exact) mass is 369 g/mol. The number of nitrogens with one attached hydrogen (secondary N) is 1. The van der Waals surface area contributed by atoms with Crippen LogP contribution in [0.5, 0.6) is 5.75 Å². The molecule has 0 saturated heterocycles. The van der Waals surface area contributed by atoms with Crippen LogP contribution in [0, 0.1) is 0 Å². The van der Waals surface area contributed by atoms with Gasteiger partial charge in [-0.1, -0.05) is 12.1 Å². The summed E-state index contributed by atoms with van der Waals surface area (Å²) in [7, 11) is 1.70. The predicted octanol–water partition coefficient (Wildman–Crippen LogP) is 2.34. The lowest BCUT2D eigenvalue weighted by Crippen LogP contribution is -2.26. The highest BCUT2D eigenvalue weighted by Gasteiger charge is 2.15. The van der Waals surface area contributed by atoms with E-state index in [9.17, 15) is 14.7 Å². The number of imidazole rings is 1. The lowest BCUT2D eigenvalue weighted by molar-refractivity contribution is 0.0785. The van der Waals surface area contributed by atoms with Gasteiger partial charge in [0.1, 0.15) is 5.75 Å². The van der Waals surface area contributed by atoms with Gasteiger partial charge in [0.25, 0.3) is 5.91 Å². The number of H-pyrrole nitrogens is 1. The molecular formula is C20H23N3O4. The summed E-state index contributed by atoms with van der Waals surface area (Å²) in [4.78, 5) is 29.2. The Balaban J connectivity index is 1.80. The van der Waals surface area contributed by atoms with Gasteiger partial charge in [0.2, 0.25) is 0 Å². The Kier molecular flexibility index (Phi) is 5.61. The molecule has 0 aliphatic carbocycles. The summed E-state index contributed by atoms with van der Waals surface area (Å²) in [6.45, 7) is 3.79. The molecule has 0 saturated carbocycles. The van der Waals surface area contributed by atoms with E-state index in [-0.39, 0.29) is 17.3 Å². The number of fused-ring (bicyclic) bond motifs is 1. The molecular weight excluding hydrogens is 346 g/mol. The summed E-state index contributed by atoms with van der Waals surface area (Å²) in [5, 5.41) is 9.56. The number of aromatic nitrogens is 2. The fourth-order valence-electron chi connectivity index (χ4n) is 3.04. The third-order valence-corrected chi connectivity index (χ3v) is 4.36. The number of amides is 1. The fraction of sp³-hybridized carbons (Fsp3) is 0.300. The molecule has 0 unspecified atom stereocenters. The van der Waals surface area contributed by atoms with Crippen LogP contribution < -0.4 is 5.69 Å². The summed E-state index contributed by atoms with van der Waals surface area (Å²) in [6.07, 6.45) is 0. The number of ether oxygens (including phenoxy) is 1. The highest BCUT2D eigenvalue weighted by Crippen LogP contribution is 2.17. The van der Waals surface area contributed by atoms with Crippen LogP contribution >= 0.6 is 0 Å². The molecule has 0 spiro atoms. The average Bonchev–Trinajstić information content (AvgIpc) is 2.96. The van der Waals surface area contributed by atoms with E-state index in [1.54, 1.807) is 52.9 Å². The minimum atomic E-state index is -0.220. The van der Waals surface area contributed by atoms with Crippen molar-refractivity contribution in [2.75, 3.05) is 20.3 Å². The highest BCUT2D eigenvalue weighted by atomic mass is 16.5. The molecule has 7 heteroatoms. The minimum Gasteiger partial charge on any atom is -0.508 e. The molecule has 2 aromatic carbocycles. The number of phenols is 1. The quantitative estimate of drug-likeness (QED) is 0.626. The summed E-state index contributed by atoms with van der Waals surface area (Å²) < 4.78 is 6.92. The van der Waals surface area contributed by atoms with E-state index in [0.717, 1.165) is 11.1 Å². The largest absolute Gasteiger partial charge is 0.508 e. The first-order valence-corrected chi connectivity index (χ1v) is 8.83. The van der Waals surface area contributed by atoms with Crippen molar-refractivity contribution in [2.24, 2.45) is 0 Å². The Bertz CT molecular complexity index is 1010. The second-order valence-electron chi connectivity index (χ2n) is 6.34. The Morgan fingerprint density at radius 2 is 2.07 bits per heavy atom. The summed E-state index contributed by atoms with van der Waals surface area (Å²) in [6, 6.07) is 12.0.